The topological polar surface area (TPSA) is 89.6 Å². The molecule has 0 saturated carbocycles. The summed E-state index contributed by atoms with van der Waals surface area (Å²) in [5.74, 6) is 4.35. The number of hydrogen-bond acceptors (Lipinski definition) is 4. The Morgan fingerprint density at radius 3 is 1.93 bits per heavy atom. The third kappa shape index (κ3) is 4.93. The predicted molar refractivity (Wildman–Crippen MR) is 52.2 cm³/mol. The molecule has 0 fully saturated rings. The molecule has 80 valence electrons. The van der Waals surface area contributed by atoms with Crippen molar-refractivity contribution in [1.29, 1.82) is 0 Å². The van der Waals surface area contributed by atoms with Crippen LogP contribution < -0.4 is 5.90 Å². The Labute approximate surface area is 83.2 Å². The van der Waals surface area contributed by atoms with Crippen molar-refractivity contribution in [2.75, 3.05) is 7.11 Å². The monoisotopic (exact) mass is 219 g/mol. The van der Waals surface area contributed by atoms with E-state index in [4.69, 9.17) is 4.55 Å². The first-order valence-electron chi connectivity index (χ1n) is 3.69. The Hall–Kier alpha value is -0.950. The molecule has 3 N–H and O–H groups in total. The highest BCUT2D eigenvalue weighted by Crippen LogP contribution is 2.08. The second-order valence-corrected chi connectivity index (χ2v) is 3.95. The molecule has 0 amide bonds. The fourth-order valence-corrected chi connectivity index (χ4v) is 1.19. The minimum atomic E-state index is -4.02. The standard InChI is InChI=1S/C7H8O3S.CH5NO/c1-6-2-4-7(5-3-6)11(8,9)10;1-3-2/h2-5H,1H3,(H,8,9,10);2H2,1H3. The molecule has 0 radical (unpaired) electrons. The summed E-state index contributed by atoms with van der Waals surface area (Å²) in [6.07, 6.45) is 0. The van der Waals surface area contributed by atoms with Crippen LogP contribution in [0.25, 0.3) is 0 Å². The summed E-state index contributed by atoms with van der Waals surface area (Å²) in [5, 5.41) is 0. The maximum Gasteiger partial charge on any atom is 0.294 e. The van der Waals surface area contributed by atoms with Crippen molar-refractivity contribution in [3.05, 3.63) is 29.8 Å². The van der Waals surface area contributed by atoms with Crippen molar-refractivity contribution in [1.82, 2.24) is 0 Å². The van der Waals surface area contributed by atoms with E-state index in [0.717, 1.165) is 5.56 Å². The van der Waals surface area contributed by atoms with Gasteiger partial charge in [0.25, 0.3) is 10.1 Å². The molecule has 14 heavy (non-hydrogen) atoms. The summed E-state index contributed by atoms with van der Waals surface area (Å²) in [4.78, 5) is 3.68. The minimum absolute atomic E-state index is 0.0666. The summed E-state index contributed by atoms with van der Waals surface area (Å²) in [6.45, 7) is 1.84. The van der Waals surface area contributed by atoms with Crippen molar-refractivity contribution in [2.24, 2.45) is 5.90 Å². The molecule has 6 heteroatoms. The van der Waals surface area contributed by atoms with Gasteiger partial charge in [0.15, 0.2) is 0 Å². The Morgan fingerprint density at radius 2 is 1.64 bits per heavy atom. The number of rotatable bonds is 1. The molecule has 1 aromatic rings. The van der Waals surface area contributed by atoms with Crippen molar-refractivity contribution in [3.63, 3.8) is 0 Å². The first-order chi connectivity index (χ1) is 6.41. The SMILES string of the molecule is CON.Cc1ccc(S(=O)(=O)O)cc1. The summed E-state index contributed by atoms with van der Waals surface area (Å²) in [6, 6.07) is 5.99. The van der Waals surface area contributed by atoms with Crippen LogP contribution in [0.3, 0.4) is 0 Å². The highest BCUT2D eigenvalue weighted by Gasteiger charge is 2.06. The molecule has 5 nitrogen and oxygen atoms in total. The lowest BCUT2D eigenvalue weighted by Crippen LogP contribution is -1.96. The molecule has 0 aliphatic rings. The zero-order valence-electron chi connectivity index (χ0n) is 7.97. The van der Waals surface area contributed by atoms with Crippen molar-refractivity contribution >= 4 is 10.1 Å². The molecule has 0 bridgehead atoms. The third-order valence-corrected chi connectivity index (χ3v) is 2.19. The van der Waals surface area contributed by atoms with Gasteiger partial charge in [0.2, 0.25) is 0 Å². The van der Waals surface area contributed by atoms with Gasteiger partial charge in [0.05, 0.1) is 12.0 Å². The summed E-state index contributed by atoms with van der Waals surface area (Å²) < 4.78 is 29.6. The van der Waals surface area contributed by atoms with Crippen LogP contribution in [0.15, 0.2) is 29.2 Å². The quantitative estimate of drug-likeness (QED) is 0.537. The van der Waals surface area contributed by atoms with Gasteiger partial charge in [0.1, 0.15) is 0 Å². The van der Waals surface area contributed by atoms with E-state index >= 15 is 0 Å². The smallest absolute Gasteiger partial charge is 0.294 e. The number of aryl methyl sites for hydroxylation is 1. The summed E-state index contributed by atoms with van der Waals surface area (Å²) >= 11 is 0. The molecule has 1 rings (SSSR count). The predicted octanol–water partition coefficient (Wildman–Crippen LogP) is 0.748. The molecule has 0 unspecified atom stereocenters. The first kappa shape index (κ1) is 13.1. The molecule has 0 heterocycles. The minimum Gasteiger partial charge on any atom is -0.308 e. The summed E-state index contributed by atoms with van der Waals surface area (Å²) in [7, 11) is -2.62. The highest BCUT2D eigenvalue weighted by atomic mass is 32.2. The van der Waals surface area contributed by atoms with Crippen LogP contribution in [-0.2, 0) is 15.0 Å². The molecular formula is C8H13NO4S. The van der Waals surface area contributed by atoms with E-state index in [0.29, 0.717) is 0 Å². The average Bonchev–Trinajstić information content (AvgIpc) is 2.04. The van der Waals surface area contributed by atoms with Crippen LogP contribution in [-0.4, -0.2) is 20.1 Å². The van der Waals surface area contributed by atoms with Gasteiger partial charge in [-0.15, -0.1) is 0 Å². The average molecular weight is 219 g/mol. The van der Waals surface area contributed by atoms with Crippen LogP contribution in [0.4, 0.5) is 0 Å². The summed E-state index contributed by atoms with van der Waals surface area (Å²) in [5.41, 5.74) is 0.956. The Bertz CT molecular complexity index is 357. The number of hydrogen-bond donors (Lipinski definition) is 2. The van der Waals surface area contributed by atoms with Crippen LogP contribution in [0.1, 0.15) is 5.56 Å². The second kappa shape index (κ2) is 5.71. The molecule has 0 saturated heterocycles. The number of benzene rings is 1. The van der Waals surface area contributed by atoms with E-state index in [1.165, 1.54) is 19.2 Å². The van der Waals surface area contributed by atoms with Crippen LogP contribution in [0.5, 0.6) is 0 Å². The van der Waals surface area contributed by atoms with Gasteiger partial charge in [-0.2, -0.15) is 8.42 Å². The van der Waals surface area contributed by atoms with Gasteiger partial charge in [-0.1, -0.05) is 17.7 Å². The fraction of sp³-hybridized carbons (Fsp3) is 0.250. The Balaban J connectivity index is 0.000000500. The lowest BCUT2D eigenvalue weighted by molar-refractivity contribution is 0.206. The lowest BCUT2D eigenvalue weighted by atomic mass is 10.2. The van der Waals surface area contributed by atoms with E-state index in [1.54, 1.807) is 12.1 Å². The van der Waals surface area contributed by atoms with Crippen molar-refractivity contribution in [2.45, 2.75) is 11.8 Å². The molecule has 0 atom stereocenters. The van der Waals surface area contributed by atoms with E-state index in [2.05, 4.69) is 10.7 Å². The molecular weight excluding hydrogens is 206 g/mol. The Kier molecular flexibility index (Phi) is 5.32. The van der Waals surface area contributed by atoms with Gasteiger partial charge in [-0.05, 0) is 19.1 Å². The molecule has 1 aromatic carbocycles. The number of nitrogens with two attached hydrogens (primary N) is 1. The largest absolute Gasteiger partial charge is 0.308 e. The molecule has 0 spiro atoms. The molecule has 0 aromatic heterocycles. The van der Waals surface area contributed by atoms with Gasteiger partial charge in [-0.25, -0.2) is 5.90 Å². The maximum atomic E-state index is 10.5. The first-order valence-corrected chi connectivity index (χ1v) is 5.13. The van der Waals surface area contributed by atoms with Gasteiger partial charge >= 0.3 is 0 Å². The van der Waals surface area contributed by atoms with Crippen LogP contribution in [0.2, 0.25) is 0 Å². The van der Waals surface area contributed by atoms with Crippen molar-refractivity contribution in [3.8, 4) is 0 Å². The van der Waals surface area contributed by atoms with Crippen LogP contribution in [0, 0.1) is 6.92 Å². The van der Waals surface area contributed by atoms with E-state index in [1.807, 2.05) is 6.92 Å². The van der Waals surface area contributed by atoms with Gasteiger partial charge < -0.3 is 4.84 Å². The van der Waals surface area contributed by atoms with Gasteiger partial charge in [-0.3, -0.25) is 4.55 Å². The zero-order chi connectivity index (χ0) is 11.2. The molecule has 0 aliphatic carbocycles. The van der Waals surface area contributed by atoms with Crippen molar-refractivity contribution < 1.29 is 17.8 Å². The van der Waals surface area contributed by atoms with E-state index in [9.17, 15) is 8.42 Å². The molecule has 0 aliphatic heterocycles. The van der Waals surface area contributed by atoms with E-state index in [-0.39, 0.29) is 4.90 Å². The van der Waals surface area contributed by atoms with E-state index < -0.39 is 10.1 Å². The fourth-order valence-electron chi connectivity index (χ4n) is 0.710. The normalized spacial score (nSPS) is 10.3. The Morgan fingerprint density at radius 1 is 1.29 bits per heavy atom. The van der Waals surface area contributed by atoms with Crippen LogP contribution >= 0.6 is 0 Å². The second-order valence-electron chi connectivity index (χ2n) is 2.52. The maximum absolute atomic E-state index is 10.5. The highest BCUT2D eigenvalue weighted by molar-refractivity contribution is 7.85. The lowest BCUT2D eigenvalue weighted by Gasteiger charge is -1.95. The van der Waals surface area contributed by atoms with Gasteiger partial charge in [0, 0.05) is 0 Å². The zero-order valence-corrected chi connectivity index (χ0v) is 8.78. The third-order valence-electron chi connectivity index (χ3n) is 1.32.